The minimum Gasteiger partial charge on any atom is -0.480 e. The molecule has 2 heterocycles. The van der Waals surface area contributed by atoms with Crippen molar-refractivity contribution in [1.82, 2.24) is 19.8 Å². The number of rotatable bonds is 4. The summed E-state index contributed by atoms with van der Waals surface area (Å²) < 4.78 is 10.7. The monoisotopic (exact) mass is 336 g/mol. The Kier molecular flexibility index (Phi) is 5.99. The normalized spacial score (nSPS) is 19.0. The average Bonchev–Trinajstić information content (AvgIpc) is 2.53. The number of amides is 1. The summed E-state index contributed by atoms with van der Waals surface area (Å²) in [6.45, 7) is 8.06. The van der Waals surface area contributed by atoms with Crippen LogP contribution in [-0.4, -0.2) is 64.8 Å². The molecule has 24 heavy (non-hydrogen) atoms. The maximum atomic E-state index is 12.3. The van der Waals surface area contributed by atoms with E-state index in [1.807, 2.05) is 27.8 Å². The zero-order valence-corrected chi connectivity index (χ0v) is 15.3. The largest absolute Gasteiger partial charge is 0.480 e. The third-order valence-corrected chi connectivity index (χ3v) is 4.01. The molecule has 2 rings (SSSR count). The molecule has 0 aromatic carbocycles. The smallest absolute Gasteiger partial charge is 0.410 e. The van der Waals surface area contributed by atoms with E-state index >= 15 is 0 Å². The lowest BCUT2D eigenvalue weighted by Gasteiger charge is -2.38. The van der Waals surface area contributed by atoms with Crippen LogP contribution in [0.3, 0.4) is 0 Å². The molecule has 1 aromatic rings. The number of hydrogen-bond donors (Lipinski definition) is 0. The highest BCUT2D eigenvalue weighted by Gasteiger charge is 2.29. The number of hydrogen-bond acceptors (Lipinski definition) is 6. The lowest BCUT2D eigenvalue weighted by Crippen LogP contribution is -2.49. The number of nitrogens with zero attached hydrogens (tertiary/aromatic N) is 4. The van der Waals surface area contributed by atoms with E-state index in [4.69, 9.17) is 9.47 Å². The van der Waals surface area contributed by atoms with Gasteiger partial charge in [0.1, 0.15) is 11.3 Å². The highest BCUT2D eigenvalue weighted by atomic mass is 16.6. The standard InChI is InChI=1S/C17H28N4O3/c1-17(2,3)24-16(22)20(4)13-7-6-10-21(11-13)12-14-15(23-5)19-9-8-18-14/h8-9,13H,6-7,10-12H2,1-5H3/t13-/m1/s1. The van der Waals surface area contributed by atoms with Gasteiger partial charge in [-0.25, -0.2) is 9.78 Å². The minimum absolute atomic E-state index is 0.135. The summed E-state index contributed by atoms with van der Waals surface area (Å²) in [6.07, 6.45) is 5.03. The van der Waals surface area contributed by atoms with E-state index in [0.29, 0.717) is 12.4 Å². The van der Waals surface area contributed by atoms with Gasteiger partial charge >= 0.3 is 6.09 Å². The summed E-state index contributed by atoms with van der Waals surface area (Å²) in [6, 6.07) is 0.135. The first-order valence-electron chi connectivity index (χ1n) is 8.32. The number of carbonyl (C=O) groups excluding carboxylic acids is 1. The molecule has 0 radical (unpaired) electrons. The predicted octanol–water partition coefficient (Wildman–Crippen LogP) is 2.32. The summed E-state index contributed by atoms with van der Waals surface area (Å²) >= 11 is 0. The quantitative estimate of drug-likeness (QED) is 0.840. The second-order valence-corrected chi connectivity index (χ2v) is 7.13. The van der Waals surface area contributed by atoms with E-state index < -0.39 is 5.60 Å². The van der Waals surface area contributed by atoms with Gasteiger partial charge in [0.05, 0.1) is 7.11 Å². The first-order chi connectivity index (χ1) is 11.3. The van der Waals surface area contributed by atoms with Crippen LogP contribution in [0.4, 0.5) is 4.79 Å². The molecular formula is C17H28N4O3. The molecule has 0 saturated carbocycles. The molecule has 0 spiro atoms. The number of ether oxygens (including phenoxy) is 2. The Bertz CT molecular complexity index is 559. The number of piperidine rings is 1. The lowest BCUT2D eigenvalue weighted by molar-refractivity contribution is 0.0128. The van der Waals surface area contributed by atoms with Gasteiger partial charge < -0.3 is 14.4 Å². The summed E-state index contributed by atoms with van der Waals surface area (Å²) in [5.74, 6) is 0.556. The van der Waals surface area contributed by atoms with Gasteiger partial charge in [0.15, 0.2) is 0 Å². The van der Waals surface area contributed by atoms with Crippen molar-refractivity contribution in [2.75, 3.05) is 27.2 Å². The predicted molar refractivity (Wildman–Crippen MR) is 90.9 cm³/mol. The SMILES string of the molecule is COc1nccnc1CN1CCC[C@@H](N(C)C(=O)OC(C)(C)C)C1. The fraction of sp³-hybridized carbons (Fsp3) is 0.706. The zero-order chi connectivity index (χ0) is 17.7. The first-order valence-corrected chi connectivity index (χ1v) is 8.32. The van der Waals surface area contributed by atoms with Crippen LogP contribution in [0.5, 0.6) is 5.88 Å². The molecule has 1 amide bonds. The Labute approximate surface area is 144 Å². The van der Waals surface area contributed by atoms with Crippen molar-refractivity contribution in [2.45, 2.75) is 51.8 Å². The summed E-state index contributed by atoms with van der Waals surface area (Å²) in [5.41, 5.74) is 0.341. The fourth-order valence-corrected chi connectivity index (χ4v) is 2.82. The van der Waals surface area contributed by atoms with Crippen LogP contribution in [0.15, 0.2) is 12.4 Å². The van der Waals surface area contributed by atoms with Gasteiger partial charge in [-0.3, -0.25) is 9.88 Å². The van der Waals surface area contributed by atoms with Crippen LogP contribution in [0, 0.1) is 0 Å². The highest BCUT2D eigenvalue weighted by Crippen LogP contribution is 2.21. The molecule has 0 N–H and O–H groups in total. The van der Waals surface area contributed by atoms with Gasteiger partial charge in [0.2, 0.25) is 5.88 Å². The Hall–Kier alpha value is -1.89. The number of likely N-dealkylation sites (N-methyl/N-ethyl adjacent to an activating group) is 1. The van der Waals surface area contributed by atoms with Crippen molar-refractivity contribution < 1.29 is 14.3 Å². The van der Waals surface area contributed by atoms with Crippen LogP contribution < -0.4 is 4.74 Å². The summed E-state index contributed by atoms with van der Waals surface area (Å²) in [7, 11) is 3.41. The van der Waals surface area contributed by atoms with Gasteiger partial charge in [0.25, 0.3) is 0 Å². The maximum absolute atomic E-state index is 12.3. The van der Waals surface area contributed by atoms with E-state index in [1.54, 1.807) is 24.4 Å². The van der Waals surface area contributed by atoms with E-state index in [-0.39, 0.29) is 12.1 Å². The molecule has 1 atom stereocenters. The van der Waals surface area contributed by atoms with Gasteiger partial charge in [-0.1, -0.05) is 0 Å². The second kappa shape index (κ2) is 7.79. The van der Waals surface area contributed by atoms with Crippen molar-refractivity contribution in [1.29, 1.82) is 0 Å². The third kappa shape index (κ3) is 5.06. The number of carbonyl (C=O) groups is 1. The molecule has 1 aromatic heterocycles. The molecule has 0 bridgehead atoms. The molecular weight excluding hydrogens is 308 g/mol. The molecule has 0 unspecified atom stereocenters. The van der Waals surface area contributed by atoms with Gasteiger partial charge in [-0.15, -0.1) is 0 Å². The van der Waals surface area contributed by atoms with Crippen molar-refractivity contribution in [2.24, 2.45) is 0 Å². The van der Waals surface area contributed by atoms with Gasteiger partial charge in [-0.2, -0.15) is 0 Å². The Morgan fingerprint density at radius 3 is 2.75 bits per heavy atom. The van der Waals surface area contributed by atoms with E-state index in [1.165, 1.54) is 0 Å². The van der Waals surface area contributed by atoms with Crippen molar-refractivity contribution in [3.8, 4) is 5.88 Å². The molecule has 134 valence electrons. The van der Waals surface area contributed by atoms with Crippen LogP contribution in [0.25, 0.3) is 0 Å². The second-order valence-electron chi connectivity index (χ2n) is 7.13. The van der Waals surface area contributed by atoms with Crippen molar-refractivity contribution >= 4 is 6.09 Å². The minimum atomic E-state index is -0.479. The van der Waals surface area contributed by atoms with Crippen LogP contribution in [0.1, 0.15) is 39.3 Å². The van der Waals surface area contributed by atoms with Gasteiger partial charge in [-0.05, 0) is 40.2 Å². The van der Waals surface area contributed by atoms with E-state index in [9.17, 15) is 4.79 Å². The summed E-state index contributed by atoms with van der Waals surface area (Å²) in [5, 5.41) is 0. The molecule has 1 fully saturated rings. The number of methoxy groups -OCH3 is 1. The third-order valence-electron chi connectivity index (χ3n) is 4.01. The fourth-order valence-electron chi connectivity index (χ4n) is 2.82. The van der Waals surface area contributed by atoms with Crippen molar-refractivity contribution in [3.63, 3.8) is 0 Å². The first kappa shape index (κ1) is 18.4. The van der Waals surface area contributed by atoms with Crippen LogP contribution in [0.2, 0.25) is 0 Å². The topological polar surface area (TPSA) is 67.8 Å². The molecule has 0 aliphatic carbocycles. The summed E-state index contributed by atoms with van der Waals surface area (Å²) in [4.78, 5) is 24.8. The molecule has 1 aliphatic rings. The Balaban J connectivity index is 1.97. The van der Waals surface area contributed by atoms with E-state index in [0.717, 1.165) is 31.6 Å². The van der Waals surface area contributed by atoms with Gasteiger partial charge in [0, 0.05) is 38.6 Å². The lowest BCUT2D eigenvalue weighted by atomic mass is 10.0. The van der Waals surface area contributed by atoms with Crippen LogP contribution in [-0.2, 0) is 11.3 Å². The Morgan fingerprint density at radius 1 is 1.38 bits per heavy atom. The molecule has 1 saturated heterocycles. The average molecular weight is 336 g/mol. The van der Waals surface area contributed by atoms with Crippen LogP contribution >= 0.6 is 0 Å². The Morgan fingerprint density at radius 2 is 2.08 bits per heavy atom. The zero-order valence-electron chi connectivity index (χ0n) is 15.3. The molecule has 1 aliphatic heterocycles. The van der Waals surface area contributed by atoms with E-state index in [2.05, 4.69) is 14.9 Å². The number of likely N-dealkylation sites (tertiary alicyclic amines) is 1. The molecule has 7 heteroatoms. The number of aromatic nitrogens is 2. The maximum Gasteiger partial charge on any atom is 0.410 e. The highest BCUT2D eigenvalue weighted by molar-refractivity contribution is 5.68. The molecule has 7 nitrogen and oxygen atoms in total. The van der Waals surface area contributed by atoms with Crippen molar-refractivity contribution in [3.05, 3.63) is 18.1 Å².